The van der Waals surface area contributed by atoms with Crippen molar-refractivity contribution >= 4 is 11.6 Å². The van der Waals surface area contributed by atoms with Gasteiger partial charge in [-0.3, -0.25) is 4.79 Å². The molecule has 7 heteroatoms. The van der Waals surface area contributed by atoms with E-state index in [9.17, 15) is 4.79 Å². The van der Waals surface area contributed by atoms with Gasteiger partial charge < -0.3 is 10.6 Å². The summed E-state index contributed by atoms with van der Waals surface area (Å²) in [6.45, 7) is 6.36. The molecule has 0 aliphatic carbocycles. The van der Waals surface area contributed by atoms with Gasteiger partial charge in [0, 0.05) is 12.2 Å². The van der Waals surface area contributed by atoms with E-state index < -0.39 is 0 Å². The fourth-order valence-corrected chi connectivity index (χ4v) is 1.75. The lowest BCUT2D eigenvalue weighted by Gasteiger charge is -2.09. The van der Waals surface area contributed by atoms with Crippen LogP contribution in [-0.4, -0.2) is 39.2 Å². The third-order valence-electron chi connectivity index (χ3n) is 2.65. The van der Waals surface area contributed by atoms with Crippen LogP contribution in [0.3, 0.4) is 0 Å². The molecule has 7 nitrogen and oxygen atoms in total. The number of amides is 1. The van der Waals surface area contributed by atoms with Crippen molar-refractivity contribution in [3.05, 3.63) is 42.7 Å². The van der Waals surface area contributed by atoms with Gasteiger partial charge in [-0.05, 0) is 41.1 Å². The smallest absolute Gasteiger partial charge is 0.238 e. The molecule has 1 aromatic carbocycles. The number of hydrogen-bond acceptors (Lipinski definition) is 5. The Bertz CT molecular complexity index is 593. The Morgan fingerprint density at radius 3 is 3.00 bits per heavy atom. The van der Waals surface area contributed by atoms with E-state index in [1.165, 1.54) is 6.33 Å². The lowest BCUT2D eigenvalue weighted by atomic mass is 10.2. The summed E-state index contributed by atoms with van der Waals surface area (Å²) >= 11 is 0. The highest BCUT2D eigenvalue weighted by Crippen LogP contribution is 2.17. The van der Waals surface area contributed by atoms with Crippen molar-refractivity contribution in [3.8, 4) is 5.69 Å². The molecular weight excluding hydrogens is 256 g/mol. The molecule has 0 saturated carbocycles. The first-order valence-electron chi connectivity index (χ1n) is 6.16. The van der Waals surface area contributed by atoms with Gasteiger partial charge in [0.25, 0.3) is 0 Å². The van der Waals surface area contributed by atoms with Crippen LogP contribution in [0.15, 0.2) is 37.2 Å². The molecule has 1 amide bonds. The average molecular weight is 272 g/mol. The van der Waals surface area contributed by atoms with Crippen LogP contribution >= 0.6 is 0 Å². The largest absolute Gasteiger partial charge is 0.325 e. The number of carbonyl (C=O) groups excluding carboxylic acids is 1. The van der Waals surface area contributed by atoms with Crippen molar-refractivity contribution in [2.45, 2.75) is 6.92 Å². The van der Waals surface area contributed by atoms with E-state index >= 15 is 0 Å². The standard InChI is InChI=1S/C13H16N6O/c1-3-6-14-8-13(20)16-11-4-5-12(10(2)7-11)19-9-15-17-18-19/h3-5,7,9,14H,1,6,8H2,2H3,(H,16,20). The summed E-state index contributed by atoms with van der Waals surface area (Å²) in [6, 6.07) is 5.55. The van der Waals surface area contributed by atoms with Crippen molar-refractivity contribution in [2.75, 3.05) is 18.4 Å². The molecule has 0 bridgehead atoms. The molecule has 2 N–H and O–H groups in total. The first kappa shape index (κ1) is 13.9. The number of tetrazole rings is 1. The normalized spacial score (nSPS) is 10.2. The fourth-order valence-electron chi connectivity index (χ4n) is 1.75. The highest BCUT2D eigenvalue weighted by molar-refractivity contribution is 5.92. The Morgan fingerprint density at radius 1 is 1.50 bits per heavy atom. The highest BCUT2D eigenvalue weighted by Gasteiger charge is 2.06. The number of anilines is 1. The second-order valence-corrected chi connectivity index (χ2v) is 4.22. The van der Waals surface area contributed by atoms with Crippen LogP contribution in [0.5, 0.6) is 0 Å². The zero-order valence-corrected chi connectivity index (χ0v) is 11.2. The van der Waals surface area contributed by atoms with Gasteiger partial charge in [0.1, 0.15) is 6.33 Å². The number of rotatable bonds is 6. The van der Waals surface area contributed by atoms with E-state index in [2.05, 4.69) is 32.7 Å². The number of carbonyl (C=O) groups is 1. The molecule has 1 heterocycles. The zero-order valence-electron chi connectivity index (χ0n) is 11.2. The maximum atomic E-state index is 11.7. The summed E-state index contributed by atoms with van der Waals surface area (Å²) in [5, 5.41) is 16.8. The molecule has 2 aromatic rings. The van der Waals surface area contributed by atoms with E-state index in [1.54, 1.807) is 10.8 Å². The van der Waals surface area contributed by atoms with Gasteiger partial charge in [-0.15, -0.1) is 11.7 Å². The maximum Gasteiger partial charge on any atom is 0.238 e. The second kappa shape index (κ2) is 6.58. The number of hydrogen-bond donors (Lipinski definition) is 2. The van der Waals surface area contributed by atoms with E-state index in [4.69, 9.17) is 0 Å². The summed E-state index contributed by atoms with van der Waals surface area (Å²) in [4.78, 5) is 11.7. The first-order valence-corrected chi connectivity index (χ1v) is 6.16. The summed E-state index contributed by atoms with van der Waals surface area (Å²) in [7, 11) is 0. The fraction of sp³-hybridized carbons (Fsp3) is 0.231. The lowest BCUT2D eigenvalue weighted by Crippen LogP contribution is -2.28. The molecule has 0 atom stereocenters. The molecule has 0 spiro atoms. The topological polar surface area (TPSA) is 84.7 Å². The summed E-state index contributed by atoms with van der Waals surface area (Å²) in [5.41, 5.74) is 2.58. The Hall–Kier alpha value is -2.54. The van der Waals surface area contributed by atoms with Crippen LogP contribution in [-0.2, 0) is 4.79 Å². The number of benzene rings is 1. The minimum atomic E-state index is -0.0959. The molecule has 0 unspecified atom stereocenters. The third kappa shape index (κ3) is 3.48. The van der Waals surface area contributed by atoms with E-state index in [0.29, 0.717) is 6.54 Å². The molecule has 104 valence electrons. The highest BCUT2D eigenvalue weighted by atomic mass is 16.1. The van der Waals surface area contributed by atoms with Gasteiger partial charge in [-0.1, -0.05) is 6.08 Å². The van der Waals surface area contributed by atoms with Gasteiger partial charge in [0.05, 0.1) is 12.2 Å². The summed E-state index contributed by atoms with van der Waals surface area (Å²) in [5.74, 6) is -0.0959. The van der Waals surface area contributed by atoms with Crippen LogP contribution in [0.2, 0.25) is 0 Å². The molecule has 0 radical (unpaired) electrons. The maximum absolute atomic E-state index is 11.7. The van der Waals surface area contributed by atoms with Gasteiger partial charge in [-0.25, -0.2) is 4.68 Å². The minimum absolute atomic E-state index is 0.0959. The van der Waals surface area contributed by atoms with Crippen molar-refractivity contribution in [1.82, 2.24) is 25.5 Å². The SMILES string of the molecule is C=CCNCC(=O)Nc1ccc(-n2cnnn2)c(C)c1. The number of nitrogens with zero attached hydrogens (tertiary/aromatic N) is 4. The summed E-state index contributed by atoms with van der Waals surface area (Å²) < 4.78 is 1.58. The third-order valence-corrected chi connectivity index (χ3v) is 2.65. The monoisotopic (exact) mass is 272 g/mol. The molecule has 0 aliphatic heterocycles. The Kier molecular flexibility index (Phi) is 4.56. The quantitative estimate of drug-likeness (QED) is 0.597. The van der Waals surface area contributed by atoms with Crippen LogP contribution in [0.1, 0.15) is 5.56 Å². The molecule has 0 aliphatic rings. The van der Waals surface area contributed by atoms with Crippen molar-refractivity contribution in [3.63, 3.8) is 0 Å². The van der Waals surface area contributed by atoms with Crippen LogP contribution in [0.4, 0.5) is 5.69 Å². The van der Waals surface area contributed by atoms with E-state index in [-0.39, 0.29) is 12.5 Å². The van der Waals surface area contributed by atoms with Gasteiger partial charge >= 0.3 is 0 Å². The Labute approximate surface area is 116 Å². The van der Waals surface area contributed by atoms with Crippen LogP contribution < -0.4 is 10.6 Å². The molecule has 1 aromatic heterocycles. The zero-order chi connectivity index (χ0) is 14.4. The minimum Gasteiger partial charge on any atom is -0.325 e. The number of nitrogens with one attached hydrogen (secondary N) is 2. The first-order chi connectivity index (χ1) is 9.70. The van der Waals surface area contributed by atoms with Gasteiger partial charge in [0.15, 0.2) is 0 Å². The van der Waals surface area contributed by atoms with E-state index in [0.717, 1.165) is 16.9 Å². The Balaban J connectivity index is 2.02. The number of aryl methyl sites for hydroxylation is 1. The number of aromatic nitrogens is 4. The molecule has 2 rings (SSSR count). The molecule has 20 heavy (non-hydrogen) atoms. The van der Waals surface area contributed by atoms with Crippen LogP contribution in [0, 0.1) is 6.92 Å². The second-order valence-electron chi connectivity index (χ2n) is 4.22. The molecular formula is C13H16N6O. The van der Waals surface area contributed by atoms with Crippen LogP contribution in [0.25, 0.3) is 5.69 Å². The average Bonchev–Trinajstić information content (AvgIpc) is 2.93. The predicted octanol–water partition coefficient (Wildman–Crippen LogP) is 0.685. The van der Waals surface area contributed by atoms with Crippen molar-refractivity contribution in [1.29, 1.82) is 0 Å². The lowest BCUT2D eigenvalue weighted by molar-refractivity contribution is -0.115. The molecule has 0 saturated heterocycles. The van der Waals surface area contributed by atoms with Gasteiger partial charge in [-0.2, -0.15) is 0 Å². The van der Waals surface area contributed by atoms with Crippen molar-refractivity contribution < 1.29 is 4.79 Å². The van der Waals surface area contributed by atoms with Crippen molar-refractivity contribution in [2.24, 2.45) is 0 Å². The summed E-state index contributed by atoms with van der Waals surface area (Å²) in [6.07, 6.45) is 3.23. The van der Waals surface area contributed by atoms with Gasteiger partial charge in [0.2, 0.25) is 5.91 Å². The molecule has 0 fully saturated rings. The van der Waals surface area contributed by atoms with E-state index in [1.807, 2.05) is 25.1 Å². The Morgan fingerprint density at radius 2 is 2.35 bits per heavy atom. The predicted molar refractivity (Wildman–Crippen MR) is 75.6 cm³/mol.